The van der Waals surface area contributed by atoms with Crippen LogP contribution in [0.15, 0.2) is 0 Å². The smallest absolute Gasteiger partial charge is 0.0729 e. The molecule has 1 atom stereocenters. The molecule has 0 aromatic heterocycles. The van der Waals surface area contributed by atoms with Gasteiger partial charge < -0.3 is 14.8 Å². The standard InChI is InChI=1S/C13H25NO2/c1-2-6-14-11-12-3-7-16-13(10-12)4-8-15-9-5-13/h12,14H,2-11H2,1H3. The molecular formula is C13H25NO2. The second kappa shape index (κ2) is 5.99. The first-order valence-electron chi connectivity index (χ1n) is 6.77. The van der Waals surface area contributed by atoms with Crippen molar-refractivity contribution < 1.29 is 9.47 Å². The molecule has 0 aromatic carbocycles. The van der Waals surface area contributed by atoms with Crippen LogP contribution in [0.5, 0.6) is 0 Å². The molecule has 3 nitrogen and oxygen atoms in total. The molecule has 1 spiro atoms. The van der Waals surface area contributed by atoms with E-state index in [-0.39, 0.29) is 5.60 Å². The monoisotopic (exact) mass is 227 g/mol. The average molecular weight is 227 g/mol. The van der Waals surface area contributed by atoms with E-state index in [2.05, 4.69) is 12.2 Å². The Morgan fingerprint density at radius 1 is 1.25 bits per heavy atom. The van der Waals surface area contributed by atoms with Gasteiger partial charge in [0.25, 0.3) is 0 Å². The maximum absolute atomic E-state index is 6.04. The van der Waals surface area contributed by atoms with Crippen molar-refractivity contribution in [1.82, 2.24) is 5.32 Å². The van der Waals surface area contributed by atoms with E-state index in [4.69, 9.17) is 9.47 Å². The minimum absolute atomic E-state index is 0.162. The van der Waals surface area contributed by atoms with Crippen LogP contribution in [0.3, 0.4) is 0 Å². The lowest BCUT2D eigenvalue weighted by atomic mass is 9.81. The summed E-state index contributed by atoms with van der Waals surface area (Å²) in [6, 6.07) is 0. The Balaban J connectivity index is 1.78. The average Bonchev–Trinajstić information content (AvgIpc) is 2.31. The van der Waals surface area contributed by atoms with Crippen LogP contribution in [0.4, 0.5) is 0 Å². The molecule has 0 bridgehead atoms. The van der Waals surface area contributed by atoms with Crippen molar-refractivity contribution in [1.29, 1.82) is 0 Å². The van der Waals surface area contributed by atoms with Crippen molar-refractivity contribution in [3.8, 4) is 0 Å². The van der Waals surface area contributed by atoms with Gasteiger partial charge in [-0.3, -0.25) is 0 Å². The summed E-state index contributed by atoms with van der Waals surface area (Å²) in [5.74, 6) is 0.804. The zero-order valence-corrected chi connectivity index (χ0v) is 10.5. The maximum atomic E-state index is 6.04. The van der Waals surface area contributed by atoms with E-state index < -0.39 is 0 Å². The summed E-state index contributed by atoms with van der Waals surface area (Å²) in [5.41, 5.74) is 0.162. The van der Waals surface area contributed by atoms with Crippen LogP contribution in [0.2, 0.25) is 0 Å². The summed E-state index contributed by atoms with van der Waals surface area (Å²) < 4.78 is 11.5. The van der Waals surface area contributed by atoms with E-state index in [9.17, 15) is 0 Å². The predicted molar refractivity (Wildman–Crippen MR) is 64.6 cm³/mol. The fourth-order valence-electron chi connectivity index (χ4n) is 2.88. The number of ether oxygens (including phenoxy) is 2. The van der Waals surface area contributed by atoms with Gasteiger partial charge in [0.15, 0.2) is 0 Å². The highest BCUT2D eigenvalue weighted by molar-refractivity contribution is 4.89. The molecule has 2 aliphatic rings. The van der Waals surface area contributed by atoms with Gasteiger partial charge in [0.1, 0.15) is 0 Å². The first-order chi connectivity index (χ1) is 7.85. The second-order valence-corrected chi connectivity index (χ2v) is 5.21. The van der Waals surface area contributed by atoms with Crippen molar-refractivity contribution in [3.05, 3.63) is 0 Å². The van der Waals surface area contributed by atoms with Crippen LogP contribution >= 0.6 is 0 Å². The van der Waals surface area contributed by atoms with Gasteiger partial charge in [0.05, 0.1) is 5.60 Å². The van der Waals surface area contributed by atoms with Gasteiger partial charge in [0.2, 0.25) is 0 Å². The molecular weight excluding hydrogens is 202 g/mol. The van der Waals surface area contributed by atoms with Gasteiger partial charge >= 0.3 is 0 Å². The van der Waals surface area contributed by atoms with Crippen molar-refractivity contribution >= 4 is 0 Å². The number of rotatable bonds is 4. The third kappa shape index (κ3) is 3.19. The molecule has 0 radical (unpaired) electrons. The SMILES string of the molecule is CCCNCC1CCOC2(CCOCC2)C1. The van der Waals surface area contributed by atoms with E-state index in [0.717, 1.165) is 45.1 Å². The zero-order valence-electron chi connectivity index (χ0n) is 10.5. The molecule has 0 saturated carbocycles. The summed E-state index contributed by atoms with van der Waals surface area (Å²) >= 11 is 0. The Kier molecular flexibility index (Phi) is 4.62. The van der Waals surface area contributed by atoms with E-state index in [1.807, 2.05) is 0 Å². The minimum atomic E-state index is 0.162. The topological polar surface area (TPSA) is 30.5 Å². The Hall–Kier alpha value is -0.120. The Morgan fingerprint density at radius 2 is 2.06 bits per heavy atom. The van der Waals surface area contributed by atoms with Gasteiger partial charge in [-0.2, -0.15) is 0 Å². The zero-order chi connectivity index (χ0) is 11.3. The highest BCUT2D eigenvalue weighted by Gasteiger charge is 2.38. The molecule has 0 aromatic rings. The van der Waals surface area contributed by atoms with Gasteiger partial charge in [-0.15, -0.1) is 0 Å². The van der Waals surface area contributed by atoms with E-state index in [1.165, 1.54) is 25.8 Å². The summed E-state index contributed by atoms with van der Waals surface area (Å²) in [6.45, 7) is 7.24. The molecule has 3 heteroatoms. The molecule has 94 valence electrons. The number of hydrogen-bond acceptors (Lipinski definition) is 3. The fourth-order valence-corrected chi connectivity index (χ4v) is 2.88. The van der Waals surface area contributed by atoms with Crippen molar-refractivity contribution in [2.24, 2.45) is 5.92 Å². The fraction of sp³-hybridized carbons (Fsp3) is 1.00. The number of hydrogen-bond donors (Lipinski definition) is 1. The van der Waals surface area contributed by atoms with E-state index >= 15 is 0 Å². The van der Waals surface area contributed by atoms with Crippen LogP contribution in [0.25, 0.3) is 0 Å². The summed E-state index contributed by atoms with van der Waals surface area (Å²) in [7, 11) is 0. The summed E-state index contributed by atoms with van der Waals surface area (Å²) in [6.07, 6.45) is 5.86. The van der Waals surface area contributed by atoms with Crippen LogP contribution in [-0.2, 0) is 9.47 Å². The van der Waals surface area contributed by atoms with Gasteiger partial charge in [0, 0.05) is 19.8 Å². The van der Waals surface area contributed by atoms with Gasteiger partial charge in [-0.05, 0) is 51.1 Å². The maximum Gasteiger partial charge on any atom is 0.0729 e. The van der Waals surface area contributed by atoms with Crippen molar-refractivity contribution in [3.63, 3.8) is 0 Å². The first-order valence-corrected chi connectivity index (χ1v) is 6.77. The molecule has 16 heavy (non-hydrogen) atoms. The largest absolute Gasteiger partial charge is 0.381 e. The molecule has 2 saturated heterocycles. The summed E-state index contributed by atoms with van der Waals surface area (Å²) in [5, 5.41) is 3.54. The van der Waals surface area contributed by atoms with Gasteiger partial charge in [-0.25, -0.2) is 0 Å². The normalized spacial score (nSPS) is 29.4. The lowest BCUT2D eigenvalue weighted by Crippen LogP contribution is -2.46. The third-order valence-electron chi connectivity index (χ3n) is 3.86. The lowest BCUT2D eigenvalue weighted by molar-refractivity contribution is -0.146. The van der Waals surface area contributed by atoms with E-state index in [0.29, 0.717) is 0 Å². The molecule has 2 fully saturated rings. The quantitative estimate of drug-likeness (QED) is 0.745. The molecule has 2 heterocycles. The highest BCUT2D eigenvalue weighted by atomic mass is 16.5. The van der Waals surface area contributed by atoms with Crippen LogP contribution in [-0.4, -0.2) is 38.5 Å². The minimum Gasteiger partial charge on any atom is -0.381 e. The van der Waals surface area contributed by atoms with Crippen molar-refractivity contribution in [2.45, 2.75) is 44.6 Å². The number of nitrogens with one attached hydrogen (secondary N) is 1. The van der Waals surface area contributed by atoms with Crippen molar-refractivity contribution in [2.75, 3.05) is 32.9 Å². The van der Waals surface area contributed by atoms with Crippen LogP contribution in [0, 0.1) is 5.92 Å². The van der Waals surface area contributed by atoms with E-state index in [1.54, 1.807) is 0 Å². The lowest BCUT2D eigenvalue weighted by Gasteiger charge is -2.43. The van der Waals surface area contributed by atoms with Crippen LogP contribution < -0.4 is 5.32 Å². The van der Waals surface area contributed by atoms with Crippen LogP contribution in [0.1, 0.15) is 39.0 Å². The molecule has 2 aliphatic heterocycles. The molecule has 0 amide bonds. The molecule has 1 N–H and O–H groups in total. The first kappa shape index (κ1) is 12.3. The molecule has 0 aliphatic carbocycles. The Bertz CT molecular complexity index is 197. The third-order valence-corrected chi connectivity index (χ3v) is 3.86. The Morgan fingerprint density at radius 3 is 2.81 bits per heavy atom. The predicted octanol–water partition coefficient (Wildman–Crippen LogP) is 1.96. The highest BCUT2D eigenvalue weighted by Crippen LogP contribution is 2.36. The second-order valence-electron chi connectivity index (χ2n) is 5.21. The Labute approximate surface area is 98.9 Å². The molecule has 1 unspecified atom stereocenters. The molecule has 2 rings (SSSR count). The van der Waals surface area contributed by atoms with Gasteiger partial charge in [-0.1, -0.05) is 6.92 Å². The summed E-state index contributed by atoms with van der Waals surface area (Å²) in [4.78, 5) is 0.